The number of hydrogen-bond acceptors (Lipinski definition) is 5. The highest BCUT2D eigenvalue weighted by Gasteiger charge is 2.47. The van der Waals surface area contributed by atoms with Crippen molar-refractivity contribution in [1.29, 1.82) is 0 Å². The van der Waals surface area contributed by atoms with E-state index in [9.17, 15) is 19.1 Å². The quantitative estimate of drug-likeness (QED) is 0.247. The van der Waals surface area contributed by atoms with E-state index in [0.29, 0.717) is 11.3 Å². The number of aliphatic hydroxyl groups is 1. The molecule has 0 saturated carbocycles. The van der Waals surface area contributed by atoms with Crippen LogP contribution in [0.2, 0.25) is 0 Å². The number of aliphatic hydroxyl groups excluding tert-OH is 1. The van der Waals surface area contributed by atoms with Gasteiger partial charge in [0.1, 0.15) is 17.3 Å². The Morgan fingerprint density at radius 3 is 2.24 bits per heavy atom. The van der Waals surface area contributed by atoms with E-state index < -0.39 is 29.3 Å². The van der Waals surface area contributed by atoms with Crippen molar-refractivity contribution >= 4 is 28.8 Å². The van der Waals surface area contributed by atoms with E-state index in [4.69, 9.17) is 4.74 Å². The zero-order valence-corrected chi connectivity index (χ0v) is 21.7. The topological polar surface area (TPSA) is 70.1 Å². The summed E-state index contributed by atoms with van der Waals surface area (Å²) in [5.74, 6) is -2.52. The van der Waals surface area contributed by atoms with E-state index in [1.807, 2.05) is 50.2 Å². The Labute approximate surface area is 216 Å². The van der Waals surface area contributed by atoms with Crippen molar-refractivity contribution < 1.29 is 23.8 Å². The number of ketones is 1. The first kappa shape index (κ1) is 25.9. The molecule has 1 fully saturated rings. The van der Waals surface area contributed by atoms with E-state index >= 15 is 0 Å². The van der Waals surface area contributed by atoms with Crippen LogP contribution < -0.4 is 14.5 Å². The molecule has 3 aromatic carbocycles. The van der Waals surface area contributed by atoms with Gasteiger partial charge in [0.05, 0.1) is 24.3 Å². The van der Waals surface area contributed by atoms with Crippen LogP contribution in [0.1, 0.15) is 42.1 Å². The number of benzene rings is 3. The summed E-state index contributed by atoms with van der Waals surface area (Å²) in [6.07, 6.45) is 0. The van der Waals surface area contributed by atoms with E-state index in [0.717, 1.165) is 36.0 Å². The molecule has 37 heavy (non-hydrogen) atoms. The molecule has 1 amide bonds. The lowest BCUT2D eigenvalue weighted by Gasteiger charge is -2.27. The number of Topliss-reactive ketones (excluding diaryl/α,β-unsaturated/α-hetero) is 1. The Hall–Kier alpha value is -4.13. The Bertz CT molecular complexity index is 1380. The zero-order chi connectivity index (χ0) is 26.9. The molecule has 3 aromatic rings. The standard InChI is InChI=1S/C30H31FN2O4/c1-6-32(7-2)22-13-9-20(10-14-22)27-26(28(34)24-17-21(31)11-15-25(24)37-5)29(35)30(36)33(27)23-12-8-18(3)19(4)16-23/h8-17,27,34H,6-7H2,1-5H3/b28-26+. The molecule has 0 bridgehead atoms. The van der Waals surface area contributed by atoms with Gasteiger partial charge in [-0.05, 0) is 86.8 Å². The molecule has 7 heteroatoms. The third kappa shape index (κ3) is 4.69. The first-order chi connectivity index (χ1) is 17.7. The molecule has 192 valence electrons. The van der Waals surface area contributed by atoms with Gasteiger partial charge in [0.2, 0.25) is 0 Å². The highest BCUT2D eigenvalue weighted by molar-refractivity contribution is 6.51. The maximum absolute atomic E-state index is 14.2. The van der Waals surface area contributed by atoms with Crippen molar-refractivity contribution in [2.24, 2.45) is 0 Å². The second-order valence-electron chi connectivity index (χ2n) is 9.05. The highest BCUT2D eigenvalue weighted by Crippen LogP contribution is 2.44. The fourth-order valence-corrected chi connectivity index (χ4v) is 4.76. The minimum atomic E-state index is -0.916. The number of halogens is 1. The summed E-state index contributed by atoms with van der Waals surface area (Å²) in [6, 6.07) is 15.9. The fraction of sp³-hybridized carbons (Fsp3) is 0.267. The molecular weight excluding hydrogens is 471 g/mol. The molecule has 1 unspecified atom stereocenters. The molecule has 0 radical (unpaired) electrons. The van der Waals surface area contributed by atoms with Crippen LogP contribution in [0.5, 0.6) is 5.75 Å². The lowest BCUT2D eigenvalue weighted by Crippen LogP contribution is -2.29. The van der Waals surface area contributed by atoms with Gasteiger partial charge in [-0.25, -0.2) is 4.39 Å². The predicted molar refractivity (Wildman–Crippen MR) is 144 cm³/mol. The first-order valence-electron chi connectivity index (χ1n) is 12.3. The number of rotatable bonds is 7. The third-order valence-electron chi connectivity index (χ3n) is 6.97. The van der Waals surface area contributed by atoms with E-state index in [2.05, 4.69) is 18.7 Å². The number of carbonyl (C=O) groups is 2. The molecule has 1 N–H and O–H groups in total. The number of carbonyl (C=O) groups excluding carboxylic acids is 2. The van der Waals surface area contributed by atoms with Gasteiger partial charge >= 0.3 is 0 Å². The van der Waals surface area contributed by atoms with Crippen LogP contribution in [0, 0.1) is 19.7 Å². The average molecular weight is 503 g/mol. The minimum Gasteiger partial charge on any atom is -0.507 e. The van der Waals surface area contributed by atoms with Crippen LogP contribution in [-0.4, -0.2) is 37.0 Å². The normalized spacial score (nSPS) is 16.8. The van der Waals surface area contributed by atoms with Crippen molar-refractivity contribution in [3.05, 3.63) is 94.3 Å². The second-order valence-corrected chi connectivity index (χ2v) is 9.05. The van der Waals surface area contributed by atoms with Crippen LogP contribution >= 0.6 is 0 Å². The van der Waals surface area contributed by atoms with E-state index in [1.54, 1.807) is 6.07 Å². The number of hydrogen-bond donors (Lipinski definition) is 1. The number of ether oxygens (including phenoxy) is 1. The number of nitrogens with zero attached hydrogens (tertiary/aromatic N) is 2. The smallest absolute Gasteiger partial charge is 0.300 e. The number of methoxy groups -OCH3 is 1. The SMILES string of the molecule is CCN(CC)c1ccc(C2/C(=C(\O)c3cc(F)ccc3OC)C(=O)C(=O)N2c2ccc(C)c(C)c2)cc1. The molecule has 0 aliphatic carbocycles. The second kappa shape index (κ2) is 10.5. The lowest BCUT2D eigenvalue weighted by molar-refractivity contribution is -0.132. The summed E-state index contributed by atoms with van der Waals surface area (Å²) < 4.78 is 19.5. The van der Waals surface area contributed by atoms with Gasteiger partial charge < -0.3 is 14.7 Å². The minimum absolute atomic E-state index is 0.00495. The number of aryl methyl sites for hydroxylation is 2. The zero-order valence-electron chi connectivity index (χ0n) is 21.7. The van der Waals surface area contributed by atoms with Crippen LogP contribution in [0.25, 0.3) is 5.76 Å². The molecule has 0 aromatic heterocycles. The highest BCUT2D eigenvalue weighted by atomic mass is 19.1. The van der Waals surface area contributed by atoms with Crippen LogP contribution in [0.3, 0.4) is 0 Å². The van der Waals surface area contributed by atoms with Crippen LogP contribution in [-0.2, 0) is 9.59 Å². The summed E-state index contributed by atoms with van der Waals surface area (Å²) in [5, 5.41) is 11.4. The van der Waals surface area contributed by atoms with Gasteiger partial charge in [-0.15, -0.1) is 0 Å². The van der Waals surface area contributed by atoms with Crippen molar-refractivity contribution in [3.8, 4) is 5.75 Å². The Balaban J connectivity index is 1.95. The van der Waals surface area contributed by atoms with Gasteiger partial charge in [0.25, 0.3) is 11.7 Å². The number of anilines is 2. The lowest BCUT2D eigenvalue weighted by atomic mass is 9.94. The summed E-state index contributed by atoms with van der Waals surface area (Å²) in [4.78, 5) is 30.5. The molecule has 1 atom stereocenters. The van der Waals surface area contributed by atoms with Gasteiger partial charge in [-0.3, -0.25) is 14.5 Å². The summed E-state index contributed by atoms with van der Waals surface area (Å²) in [5.41, 5.74) is 4.07. The van der Waals surface area contributed by atoms with Gasteiger partial charge in [0.15, 0.2) is 0 Å². The molecule has 1 saturated heterocycles. The number of amides is 1. The summed E-state index contributed by atoms with van der Waals surface area (Å²) in [7, 11) is 1.39. The van der Waals surface area contributed by atoms with Gasteiger partial charge in [-0.2, -0.15) is 0 Å². The van der Waals surface area contributed by atoms with Crippen molar-refractivity contribution in [1.82, 2.24) is 0 Å². The molecule has 1 aliphatic rings. The van der Waals surface area contributed by atoms with Gasteiger partial charge in [0, 0.05) is 24.5 Å². The Morgan fingerprint density at radius 1 is 0.973 bits per heavy atom. The van der Waals surface area contributed by atoms with Crippen molar-refractivity contribution in [2.45, 2.75) is 33.7 Å². The average Bonchev–Trinajstić information content (AvgIpc) is 3.16. The predicted octanol–water partition coefficient (Wildman–Crippen LogP) is 5.92. The van der Waals surface area contributed by atoms with Gasteiger partial charge in [-0.1, -0.05) is 18.2 Å². The largest absolute Gasteiger partial charge is 0.507 e. The summed E-state index contributed by atoms with van der Waals surface area (Å²) in [6.45, 7) is 9.69. The Morgan fingerprint density at radius 2 is 1.65 bits per heavy atom. The molecular formula is C30H31FN2O4. The van der Waals surface area contributed by atoms with Crippen LogP contribution in [0.4, 0.5) is 15.8 Å². The summed E-state index contributed by atoms with van der Waals surface area (Å²) >= 11 is 0. The molecule has 0 spiro atoms. The van der Waals surface area contributed by atoms with Crippen LogP contribution in [0.15, 0.2) is 66.2 Å². The van der Waals surface area contributed by atoms with Crippen molar-refractivity contribution in [3.63, 3.8) is 0 Å². The molecule has 6 nitrogen and oxygen atoms in total. The van der Waals surface area contributed by atoms with Crippen molar-refractivity contribution in [2.75, 3.05) is 30.0 Å². The monoisotopic (exact) mass is 502 g/mol. The van der Waals surface area contributed by atoms with E-state index in [1.165, 1.54) is 24.1 Å². The maximum Gasteiger partial charge on any atom is 0.300 e. The molecule has 1 aliphatic heterocycles. The molecule has 1 heterocycles. The third-order valence-corrected chi connectivity index (χ3v) is 6.97. The Kier molecular flexibility index (Phi) is 7.34. The molecule has 4 rings (SSSR count). The van der Waals surface area contributed by atoms with E-state index in [-0.39, 0.29) is 16.9 Å². The fourth-order valence-electron chi connectivity index (χ4n) is 4.76. The first-order valence-corrected chi connectivity index (χ1v) is 12.3. The maximum atomic E-state index is 14.2.